The summed E-state index contributed by atoms with van der Waals surface area (Å²) >= 11 is 3.28. The second-order valence-electron chi connectivity index (χ2n) is 4.56. The van der Waals surface area contributed by atoms with Crippen LogP contribution in [-0.2, 0) is 12.8 Å². The Morgan fingerprint density at radius 2 is 2.21 bits per heavy atom. The number of carbonyl (C=O) groups excluding carboxylic acids is 1. The SMILES string of the molecule is O=C(Nc1ccnc(Br)c1)c1n[nH]c2c1CCCC2. The number of H-pyrrole nitrogens is 1. The molecule has 0 aromatic carbocycles. The zero-order chi connectivity index (χ0) is 13.2. The fraction of sp³-hybridized carbons (Fsp3) is 0.308. The Kier molecular flexibility index (Phi) is 3.33. The number of hydrogen-bond acceptors (Lipinski definition) is 3. The van der Waals surface area contributed by atoms with E-state index in [1.807, 2.05) is 0 Å². The van der Waals surface area contributed by atoms with Gasteiger partial charge in [0.15, 0.2) is 5.69 Å². The van der Waals surface area contributed by atoms with Crippen molar-refractivity contribution in [3.63, 3.8) is 0 Å². The smallest absolute Gasteiger partial charge is 0.276 e. The fourth-order valence-electron chi connectivity index (χ4n) is 2.34. The Morgan fingerprint density at radius 3 is 3.05 bits per heavy atom. The average Bonchev–Trinajstić information content (AvgIpc) is 2.82. The van der Waals surface area contributed by atoms with Gasteiger partial charge in [0.1, 0.15) is 4.60 Å². The molecular formula is C13H13BrN4O. The van der Waals surface area contributed by atoms with Gasteiger partial charge in [0.05, 0.1) is 0 Å². The first-order valence-corrected chi connectivity index (χ1v) is 7.02. The molecule has 0 aliphatic heterocycles. The molecule has 1 aliphatic carbocycles. The van der Waals surface area contributed by atoms with Crippen LogP contribution in [0.4, 0.5) is 5.69 Å². The van der Waals surface area contributed by atoms with E-state index in [9.17, 15) is 4.79 Å². The molecule has 0 fully saturated rings. The number of rotatable bonds is 2. The number of nitrogens with one attached hydrogen (secondary N) is 2. The first-order chi connectivity index (χ1) is 9.24. The molecule has 1 aliphatic rings. The first kappa shape index (κ1) is 12.3. The lowest BCUT2D eigenvalue weighted by molar-refractivity contribution is 0.102. The number of pyridine rings is 1. The van der Waals surface area contributed by atoms with Crippen LogP contribution in [0.15, 0.2) is 22.9 Å². The van der Waals surface area contributed by atoms with Gasteiger partial charge in [0.2, 0.25) is 0 Å². The lowest BCUT2D eigenvalue weighted by Crippen LogP contribution is -2.15. The molecule has 3 rings (SSSR count). The number of nitrogens with zero attached hydrogens (tertiary/aromatic N) is 2. The lowest BCUT2D eigenvalue weighted by atomic mass is 9.96. The predicted octanol–water partition coefficient (Wildman–Crippen LogP) is 2.70. The van der Waals surface area contributed by atoms with Crippen LogP contribution in [-0.4, -0.2) is 21.1 Å². The third kappa shape index (κ3) is 2.53. The number of aromatic amines is 1. The summed E-state index contributed by atoms with van der Waals surface area (Å²) in [4.78, 5) is 16.3. The Bertz CT molecular complexity index is 623. The van der Waals surface area contributed by atoms with Crippen molar-refractivity contribution < 1.29 is 4.79 Å². The van der Waals surface area contributed by atoms with Gasteiger partial charge in [-0.15, -0.1) is 0 Å². The lowest BCUT2D eigenvalue weighted by Gasteiger charge is -2.11. The van der Waals surface area contributed by atoms with Crippen molar-refractivity contribution >= 4 is 27.5 Å². The first-order valence-electron chi connectivity index (χ1n) is 6.23. The molecule has 0 atom stereocenters. The van der Waals surface area contributed by atoms with Crippen molar-refractivity contribution in [3.05, 3.63) is 39.9 Å². The highest BCUT2D eigenvalue weighted by Gasteiger charge is 2.21. The third-order valence-electron chi connectivity index (χ3n) is 3.26. The van der Waals surface area contributed by atoms with Crippen LogP contribution in [0, 0.1) is 0 Å². The van der Waals surface area contributed by atoms with E-state index < -0.39 is 0 Å². The van der Waals surface area contributed by atoms with E-state index in [2.05, 4.69) is 36.4 Å². The van der Waals surface area contributed by atoms with Gasteiger partial charge in [-0.25, -0.2) is 4.98 Å². The Balaban J connectivity index is 1.83. The maximum atomic E-state index is 12.2. The largest absolute Gasteiger partial charge is 0.320 e. The molecule has 0 radical (unpaired) electrons. The number of fused-ring (bicyclic) bond motifs is 1. The molecule has 2 heterocycles. The minimum atomic E-state index is -0.169. The Hall–Kier alpha value is -1.69. The van der Waals surface area contributed by atoms with Crippen molar-refractivity contribution in [1.82, 2.24) is 15.2 Å². The number of aromatic nitrogens is 3. The zero-order valence-corrected chi connectivity index (χ0v) is 11.8. The van der Waals surface area contributed by atoms with Crippen molar-refractivity contribution in [2.45, 2.75) is 25.7 Å². The number of amides is 1. The third-order valence-corrected chi connectivity index (χ3v) is 3.69. The number of halogens is 1. The van der Waals surface area contributed by atoms with Crippen molar-refractivity contribution in [3.8, 4) is 0 Å². The van der Waals surface area contributed by atoms with Gasteiger partial charge in [0, 0.05) is 23.1 Å². The fourth-order valence-corrected chi connectivity index (χ4v) is 2.70. The van der Waals surface area contributed by atoms with Gasteiger partial charge in [-0.2, -0.15) is 5.10 Å². The Labute approximate surface area is 119 Å². The summed E-state index contributed by atoms with van der Waals surface area (Å²) < 4.78 is 0.689. The summed E-state index contributed by atoms with van der Waals surface area (Å²) in [5, 5.41) is 9.97. The Morgan fingerprint density at radius 1 is 1.37 bits per heavy atom. The number of anilines is 1. The van der Waals surface area contributed by atoms with Crippen molar-refractivity contribution in [2.75, 3.05) is 5.32 Å². The highest BCUT2D eigenvalue weighted by molar-refractivity contribution is 9.10. The molecule has 0 unspecified atom stereocenters. The highest BCUT2D eigenvalue weighted by Crippen LogP contribution is 2.23. The monoisotopic (exact) mass is 320 g/mol. The molecule has 2 aromatic heterocycles. The van der Waals surface area contributed by atoms with Gasteiger partial charge in [-0.1, -0.05) is 0 Å². The molecule has 98 valence electrons. The van der Waals surface area contributed by atoms with E-state index >= 15 is 0 Å². The van der Waals surface area contributed by atoms with Crippen LogP contribution < -0.4 is 5.32 Å². The number of aryl methyl sites for hydroxylation is 1. The van der Waals surface area contributed by atoms with Gasteiger partial charge in [-0.3, -0.25) is 9.89 Å². The molecule has 19 heavy (non-hydrogen) atoms. The van der Waals surface area contributed by atoms with E-state index in [1.165, 1.54) is 0 Å². The van der Waals surface area contributed by atoms with Crippen LogP contribution in [0.2, 0.25) is 0 Å². The maximum absolute atomic E-state index is 12.2. The molecular weight excluding hydrogens is 308 g/mol. The van der Waals surface area contributed by atoms with Crippen LogP contribution in [0.25, 0.3) is 0 Å². The summed E-state index contributed by atoms with van der Waals surface area (Å²) in [5.74, 6) is -0.169. The minimum Gasteiger partial charge on any atom is -0.320 e. The summed E-state index contributed by atoms with van der Waals surface area (Å²) in [7, 11) is 0. The topological polar surface area (TPSA) is 70.7 Å². The molecule has 0 saturated heterocycles. The summed E-state index contributed by atoms with van der Waals surface area (Å²) in [5.41, 5.74) is 3.39. The molecule has 6 heteroatoms. The van der Waals surface area contributed by atoms with Gasteiger partial charge < -0.3 is 5.32 Å². The predicted molar refractivity (Wildman–Crippen MR) is 75.1 cm³/mol. The standard InChI is InChI=1S/C13H13BrN4O/c14-11-7-8(5-6-15-11)16-13(19)12-9-3-1-2-4-10(9)17-18-12/h5-7H,1-4H2,(H,17,18)(H,15,16,19). The van der Waals surface area contributed by atoms with E-state index in [-0.39, 0.29) is 5.91 Å². The van der Waals surface area contributed by atoms with Crippen LogP contribution in [0.5, 0.6) is 0 Å². The van der Waals surface area contributed by atoms with Crippen LogP contribution in [0.3, 0.4) is 0 Å². The molecule has 0 spiro atoms. The second kappa shape index (κ2) is 5.13. The number of carbonyl (C=O) groups is 1. The quantitative estimate of drug-likeness (QED) is 0.836. The summed E-state index contributed by atoms with van der Waals surface area (Å²) in [6, 6.07) is 3.51. The maximum Gasteiger partial charge on any atom is 0.276 e. The van der Waals surface area contributed by atoms with Crippen molar-refractivity contribution in [2.24, 2.45) is 0 Å². The van der Waals surface area contributed by atoms with Crippen molar-refractivity contribution in [1.29, 1.82) is 0 Å². The average molecular weight is 321 g/mol. The molecule has 2 aromatic rings. The van der Waals surface area contributed by atoms with Gasteiger partial charge in [0.25, 0.3) is 5.91 Å². The van der Waals surface area contributed by atoms with Gasteiger partial charge in [-0.05, 0) is 53.7 Å². The second-order valence-corrected chi connectivity index (χ2v) is 5.37. The molecule has 5 nitrogen and oxygen atoms in total. The summed E-state index contributed by atoms with van der Waals surface area (Å²) in [6.45, 7) is 0. The summed E-state index contributed by atoms with van der Waals surface area (Å²) in [6.07, 6.45) is 5.83. The van der Waals surface area contributed by atoms with Crippen LogP contribution >= 0.6 is 15.9 Å². The normalized spacial score (nSPS) is 13.9. The molecule has 2 N–H and O–H groups in total. The number of hydrogen-bond donors (Lipinski definition) is 2. The van der Waals surface area contributed by atoms with E-state index in [0.29, 0.717) is 16.0 Å². The van der Waals surface area contributed by atoms with E-state index in [4.69, 9.17) is 0 Å². The van der Waals surface area contributed by atoms with E-state index in [0.717, 1.165) is 36.9 Å². The molecule has 0 bridgehead atoms. The molecule has 0 saturated carbocycles. The zero-order valence-electron chi connectivity index (χ0n) is 10.2. The minimum absolute atomic E-state index is 0.169. The van der Waals surface area contributed by atoms with Gasteiger partial charge >= 0.3 is 0 Å². The van der Waals surface area contributed by atoms with Crippen LogP contribution in [0.1, 0.15) is 34.6 Å². The van der Waals surface area contributed by atoms with E-state index in [1.54, 1.807) is 18.3 Å². The highest BCUT2D eigenvalue weighted by atomic mass is 79.9. The molecule has 1 amide bonds.